The molecule has 0 amide bonds. The second-order valence-corrected chi connectivity index (χ2v) is 5.17. The first kappa shape index (κ1) is 9.75. The average Bonchev–Trinajstić information content (AvgIpc) is 2.52. The lowest BCUT2D eigenvalue weighted by Crippen LogP contribution is -2.32. The molecule has 0 radical (unpaired) electrons. The van der Waals surface area contributed by atoms with Crippen molar-refractivity contribution in [3.63, 3.8) is 0 Å². The molecule has 0 aromatic carbocycles. The van der Waals surface area contributed by atoms with Gasteiger partial charge in [-0.15, -0.1) is 0 Å². The first-order chi connectivity index (χ1) is 6.43. The zero-order valence-corrected chi connectivity index (χ0v) is 9.17. The summed E-state index contributed by atoms with van der Waals surface area (Å²) in [5, 5.41) is 0. The maximum atomic E-state index is 10.9. The lowest BCUT2D eigenvalue weighted by molar-refractivity contribution is -0.148. The van der Waals surface area contributed by atoms with Gasteiger partial charge in [-0.3, -0.25) is 4.79 Å². The van der Waals surface area contributed by atoms with E-state index in [2.05, 4.69) is 20.4 Å². The summed E-state index contributed by atoms with van der Waals surface area (Å²) in [6, 6.07) is 0. The predicted octanol–water partition coefficient (Wildman–Crippen LogP) is 2.54. The molecule has 0 aromatic rings. The Morgan fingerprint density at radius 3 is 2.57 bits per heavy atom. The first-order valence-corrected chi connectivity index (χ1v) is 5.29. The van der Waals surface area contributed by atoms with Gasteiger partial charge in [0.25, 0.3) is 0 Å². The number of carbonyl (C=O) groups excluding carboxylic acids is 1. The van der Waals surface area contributed by atoms with Crippen LogP contribution < -0.4 is 0 Å². The van der Waals surface area contributed by atoms with Crippen molar-refractivity contribution in [3.8, 4) is 0 Å². The molecule has 0 spiro atoms. The maximum Gasteiger partial charge on any atom is 0.302 e. The molecule has 2 fully saturated rings. The lowest BCUT2D eigenvalue weighted by Gasteiger charge is -2.35. The Hall–Kier alpha value is -0.790. The number of hydrogen-bond donors (Lipinski definition) is 0. The number of ether oxygens (including phenoxy) is 1. The monoisotopic (exact) mass is 194 g/mol. The molecule has 2 aliphatic rings. The van der Waals surface area contributed by atoms with Crippen LogP contribution in [0.4, 0.5) is 0 Å². The van der Waals surface area contributed by atoms with E-state index in [4.69, 9.17) is 4.74 Å². The fourth-order valence-corrected chi connectivity index (χ4v) is 3.04. The second-order valence-electron chi connectivity index (χ2n) is 5.17. The van der Waals surface area contributed by atoms with Crippen LogP contribution in [0.5, 0.6) is 0 Å². The van der Waals surface area contributed by atoms with Gasteiger partial charge in [-0.2, -0.15) is 0 Å². The maximum absolute atomic E-state index is 10.9. The summed E-state index contributed by atoms with van der Waals surface area (Å²) in [6.07, 6.45) is 2.29. The fraction of sp³-hybridized carbons (Fsp3) is 0.750. The number of carbonyl (C=O) groups is 1. The third kappa shape index (κ3) is 1.20. The van der Waals surface area contributed by atoms with Crippen LogP contribution in [-0.4, -0.2) is 12.1 Å². The lowest BCUT2D eigenvalue weighted by atomic mass is 9.72. The fourth-order valence-electron chi connectivity index (χ4n) is 3.04. The van der Waals surface area contributed by atoms with E-state index in [1.165, 1.54) is 12.5 Å². The highest BCUT2D eigenvalue weighted by molar-refractivity contribution is 5.66. The SMILES string of the molecule is C=C1[C@H]2C[C@H](C[C@@H]2OC(C)=O)C1(C)C. The van der Waals surface area contributed by atoms with Gasteiger partial charge in [0, 0.05) is 12.8 Å². The van der Waals surface area contributed by atoms with Gasteiger partial charge in [0.1, 0.15) is 6.10 Å². The van der Waals surface area contributed by atoms with Crippen LogP contribution in [0.2, 0.25) is 0 Å². The zero-order valence-electron chi connectivity index (χ0n) is 9.17. The molecule has 3 atom stereocenters. The topological polar surface area (TPSA) is 26.3 Å². The van der Waals surface area contributed by atoms with Gasteiger partial charge in [0.2, 0.25) is 0 Å². The van der Waals surface area contributed by atoms with Crippen molar-refractivity contribution in [2.24, 2.45) is 17.3 Å². The summed E-state index contributed by atoms with van der Waals surface area (Å²) in [5.74, 6) is 0.913. The summed E-state index contributed by atoms with van der Waals surface area (Å²) in [4.78, 5) is 10.9. The minimum absolute atomic E-state index is 0.109. The molecule has 0 N–H and O–H groups in total. The Bertz CT molecular complexity index is 291. The number of hydrogen-bond acceptors (Lipinski definition) is 2. The molecule has 0 heterocycles. The summed E-state index contributed by atoms with van der Waals surface area (Å²) in [7, 11) is 0. The van der Waals surface area contributed by atoms with Crippen LogP contribution in [0.15, 0.2) is 12.2 Å². The Labute approximate surface area is 85.3 Å². The summed E-state index contributed by atoms with van der Waals surface area (Å²) in [5.41, 5.74) is 1.53. The third-order valence-corrected chi connectivity index (χ3v) is 4.12. The Morgan fingerprint density at radius 2 is 2.14 bits per heavy atom. The van der Waals surface area contributed by atoms with Gasteiger partial charge in [-0.05, 0) is 24.2 Å². The molecule has 2 aliphatic carbocycles. The molecule has 2 rings (SSSR count). The highest BCUT2D eigenvalue weighted by Crippen LogP contribution is 2.59. The van der Waals surface area contributed by atoms with E-state index in [9.17, 15) is 4.79 Å². The molecule has 0 aliphatic heterocycles. The summed E-state index contributed by atoms with van der Waals surface area (Å²) in [6.45, 7) is 10.1. The van der Waals surface area contributed by atoms with Crippen molar-refractivity contribution in [1.82, 2.24) is 0 Å². The normalized spacial score (nSPS) is 38.8. The van der Waals surface area contributed by atoms with Crippen LogP contribution in [0.3, 0.4) is 0 Å². The predicted molar refractivity (Wildman–Crippen MR) is 54.7 cm³/mol. The van der Waals surface area contributed by atoms with E-state index in [1.54, 1.807) is 0 Å². The quantitative estimate of drug-likeness (QED) is 0.473. The largest absolute Gasteiger partial charge is 0.462 e. The van der Waals surface area contributed by atoms with E-state index in [0.717, 1.165) is 12.8 Å². The third-order valence-electron chi connectivity index (χ3n) is 4.12. The molecule has 0 unspecified atom stereocenters. The van der Waals surface area contributed by atoms with E-state index in [1.807, 2.05) is 0 Å². The minimum Gasteiger partial charge on any atom is -0.462 e. The highest BCUT2D eigenvalue weighted by Gasteiger charge is 2.53. The highest BCUT2D eigenvalue weighted by atomic mass is 16.5. The van der Waals surface area contributed by atoms with Crippen LogP contribution in [0.25, 0.3) is 0 Å². The summed E-state index contributed by atoms with van der Waals surface area (Å²) >= 11 is 0. The Balaban J connectivity index is 2.13. The van der Waals surface area contributed by atoms with E-state index < -0.39 is 0 Å². The van der Waals surface area contributed by atoms with Crippen molar-refractivity contribution in [2.75, 3.05) is 0 Å². The van der Waals surface area contributed by atoms with Gasteiger partial charge in [0.15, 0.2) is 0 Å². The van der Waals surface area contributed by atoms with E-state index >= 15 is 0 Å². The van der Waals surface area contributed by atoms with Crippen molar-refractivity contribution in [1.29, 1.82) is 0 Å². The van der Waals surface area contributed by atoms with Gasteiger partial charge in [-0.1, -0.05) is 26.0 Å². The molecule has 0 aromatic heterocycles. The van der Waals surface area contributed by atoms with Crippen molar-refractivity contribution in [2.45, 2.75) is 39.7 Å². The molecule has 0 saturated heterocycles. The van der Waals surface area contributed by atoms with Gasteiger partial charge >= 0.3 is 5.97 Å². The Kier molecular flexibility index (Phi) is 1.98. The van der Waals surface area contributed by atoms with E-state index in [0.29, 0.717) is 11.8 Å². The zero-order chi connectivity index (χ0) is 10.5. The van der Waals surface area contributed by atoms with Gasteiger partial charge in [-0.25, -0.2) is 0 Å². The second kappa shape index (κ2) is 2.85. The van der Waals surface area contributed by atoms with Crippen LogP contribution in [-0.2, 0) is 9.53 Å². The number of rotatable bonds is 1. The molecule has 2 nitrogen and oxygen atoms in total. The number of fused-ring (bicyclic) bond motifs is 2. The number of esters is 1. The Morgan fingerprint density at radius 1 is 1.50 bits per heavy atom. The molecule has 2 saturated carbocycles. The van der Waals surface area contributed by atoms with E-state index in [-0.39, 0.29) is 17.5 Å². The minimum atomic E-state index is -0.159. The van der Waals surface area contributed by atoms with Gasteiger partial charge in [0.05, 0.1) is 0 Å². The van der Waals surface area contributed by atoms with Crippen molar-refractivity contribution in [3.05, 3.63) is 12.2 Å². The molecule has 2 bridgehead atoms. The van der Waals surface area contributed by atoms with Crippen LogP contribution in [0.1, 0.15) is 33.6 Å². The van der Waals surface area contributed by atoms with Crippen molar-refractivity contribution >= 4 is 5.97 Å². The summed E-state index contributed by atoms with van der Waals surface area (Å²) < 4.78 is 5.31. The van der Waals surface area contributed by atoms with Crippen molar-refractivity contribution < 1.29 is 9.53 Å². The molecular formula is C12H18O2. The standard InChI is InChI=1S/C12H18O2/c1-7-10-5-9(12(7,3)4)6-11(10)14-8(2)13/h9-11H,1,5-6H2,2-4H3/t9-,10-,11+/m1/s1. The molecular weight excluding hydrogens is 176 g/mol. The smallest absolute Gasteiger partial charge is 0.302 e. The van der Waals surface area contributed by atoms with Gasteiger partial charge < -0.3 is 4.74 Å². The molecule has 78 valence electrons. The van der Waals surface area contributed by atoms with Crippen LogP contribution in [0, 0.1) is 17.3 Å². The first-order valence-electron chi connectivity index (χ1n) is 5.29. The molecule has 2 heteroatoms. The van der Waals surface area contributed by atoms with Crippen LogP contribution >= 0.6 is 0 Å². The average molecular weight is 194 g/mol. The molecule has 14 heavy (non-hydrogen) atoms.